The lowest BCUT2D eigenvalue weighted by Gasteiger charge is -2.39. The first kappa shape index (κ1) is 14.0. The molecular formula is C14H16N4O2. The molecule has 1 atom stereocenters. The Morgan fingerprint density at radius 3 is 3.00 bits per heavy atom. The summed E-state index contributed by atoms with van der Waals surface area (Å²) >= 11 is 0. The summed E-state index contributed by atoms with van der Waals surface area (Å²) < 4.78 is 0. The van der Waals surface area contributed by atoms with Gasteiger partial charge in [-0.1, -0.05) is 0 Å². The van der Waals surface area contributed by atoms with Crippen LogP contribution in [0.15, 0.2) is 18.3 Å². The minimum atomic E-state index is -0.502. The molecule has 1 aliphatic rings. The fraction of sp³-hybridized carbons (Fsp3) is 0.429. The van der Waals surface area contributed by atoms with E-state index in [1.165, 1.54) is 12.3 Å². The van der Waals surface area contributed by atoms with Crippen molar-refractivity contribution in [3.05, 3.63) is 29.6 Å². The molecule has 0 spiro atoms. The van der Waals surface area contributed by atoms with E-state index in [2.05, 4.69) is 15.6 Å². The van der Waals surface area contributed by atoms with E-state index in [4.69, 9.17) is 5.26 Å². The highest BCUT2D eigenvalue weighted by atomic mass is 16.2. The number of carbonyl (C=O) groups excluding carboxylic acids is 2. The van der Waals surface area contributed by atoms with Crippen LogP contribution in [0.4, 0.5) is 0 Å². The zero-order chi connectivity index (χ0) is 14.8. The molecule has 6 nitrogen and oxygen atoms in total. The van der Waals surface area contributed by atoms with Gasteiger partial charge in [-0.3, -0.25) is 14.6 Å². The fourth-order valence-electron chi connectivity index (χ4n) is 2.25. The summed E-state index contributed by atoms with van der Waals surface area (Å²) in [6, 6.07) is 4.80. The highest BCUT2D eigenvalue weighted by Gasteiger charge is 2.36. The van der Waals surface area contributed by atoms with E-state index in [1.54, 1.807) is 6.07 Å². The van der Waals surface area contributed by atoms with Gasteiger partial charge in [-0.25, -0.2) is 0 Å². The van der Waals surface area contributed by atoms with E-state index in [9.17, 15) is 9.59 Å². The van der Waals surface area contributed by atoms with E-state index in [-0.39, 0.29) is 23.6 Å². The molecule has 2 N–H and O–H groups in total. The number of hydrogen-bond acceptors (Lipinski definition) is 4. The summed E-state index contributed by atoms with van der Waals surface area (Å²) in [5.41, 5.74) is 0.0933. The normalized spacial score (nSPS) is 20.6. The highest BCUT2D eigenvalue weighted by Crippen LogP contribution is 2.20. The maximum atomic E-state index is 12.2. The summed E-state index contributed by atoms with van der Waals surface area (Å²) in [6.45, 7) is 3.74. The molecule has 0 aromatic carbocycles. The molecule has 1 aromatic rings. The van der Waals surface area contributed by atoms with E-state index < -0.39 is 5.54 Å². The van der Waals surface area contributed by atoms with Crippen molar-refractivity contribution in [3.8, 4) is 6.07 Å². The van der Waals surface area contributed by atoms with Gasteiger partial charge in [0.2, 0.25) is 5.91 Å². The minimum absolute atomic E-state index is 0.00916. The van der Waals surface area contributed by atoms with E-state index in [0.717, 1.165) is 0 Å². The predicted octanol–water partition coefficient (Wildman–Crippen LogP) is 0.740. The average molecular weight is 272 g/mol. The number of hydrogen-bond donors (Lipinski definition) is 2. The Balaban J connectivity index is 2.11. The van der Waals surface area contributed by atoms with Crippen LogP contribution in [0.25, 0.3) is 0 Å². The predicted molar refractivity (Wildman–Crippen MR) is 71.7 cm³/mol. The number of nitrogens with zero attached hydrogens (tertiary/aromatic N) is 2. The molecule has 20 heavy (non-hydrogen) atoms. The summed E-state index contributed by atoms with van der Waals surface area (Å²) in [7, 11) is 0. The second-order valence-electron chi connectivity index (χ2n) is 5.38. The lowest BCUT2D eigenvalue weighted by Crippen LogP contribution is -2.62. The number of rotatable bonds is 2. The fourth-order valence-corrected chi connectivity index (χ4v) is 2.25. The molecule has 1 saturated heterocycles. The number of aromatic nitrogens is 1. The van der Waals surface area contributed by atoms with Gasteiger partial charge in [0.1, 0.15) is 5.69 Å². The van der Waals surface area contributed by atoms with Crippen molar-refractivity contribution in [2.24, 2.45) is 0 Å². The molecule has 0 bridgehead atoms. The molecule has 1 unspecified atom stereocenters. The average Bonchev–Trinajstić information content (AvgIpc) is 2.41. The molecule has 1 aliphatic heterocycles. The summed E-state index contributed by atoms with van der Waals surface area (Å²) in [5.74, 6) is -0.346. The Labute approximate surface area is 117 Å². The van der Waals surface area contributed by atoms with Crippen molar-refractivity contribution in [2.45, 2.75) is 38.3 Å². The quantitative estimate of drug-likeness (QED) is 0.830. The standard InChI is InChI=1S/C14H16N4O2/c1-14(2)11(3-4-12(19)18-14)17-13(20)10-7-9(8-15)5-6-16-10/h5-7,11H,3-4H2,1-2H3,(H,17,20)(H,18,19). The molecule has 6 heteroatoms. The Bertz CT molecular complexity index is 589. The Kier molecular flexibility index (Phi) is 3.70. The second kappa shape index (κ2) is 5.29. The lowest BCUT2D eigenvalue weighted by atomic mass is 9.87. The first-order valence-electron chi connectivity index (χ1n) is 6.40. The lowest BCUT2D eigenvalue weighted by molar-refractivity contribution is -0.125. The van der Waals surface area contributed by atoms with Crippen molar-refractivity contribution in [3.63, 3.8) is 0 Å². The van der Waals surface area contributed by atoms with E-state index in [0.29, 0.717) is 18.4 Å². The van der Waals surface area contributed by atoms with Gasteiger partial charge in [0, 0.05) is 12.6 Å². The summed E-state index contributed by atoms with van der Waals surface area (Å²) in [4.78, 5) is 27.5. The van der Waals surface area contributed by atoms with Crippen molar-refractivity contribution < 1.29 is 9.59 Å². The van der Waals surface area contributed by atoms with E-state index >= 15 is 0 Å². The Morgan fingerprint density at radius 1 is 1.60 bits per heavy atom. The molecule has 0 radical (unpaired) electrons. The topological polar surface area (TPSA) is 94.9 Å². The first-order chi connectivity index (χ1) is 9.42. The third-order valence-electron chi connectivity index (χ3n) is 3.42. The van der Waals surface area contributed by atoms with Crippen LogP contribution < -0.4 is 10.6 Å². The molecule has 104 valence electrons. The van der Waals surface area contributed by atoms with Gasteiger partial charge in [0.15, 0.2) is 0 Å². The van der Waals surface area contributed by atoms with Crippen molar-refractivity contribution >= 4 is 11.8 Å². The van der Waals surface area contributed by atoms with Gasteiger partial charge in [-0.05, 0) is 32.4 Å². The second-order valence-corrected chi connectivity index (χ2v) is 5.38. The number of amides is 2. The zero-order valence-corrected chi connectivity index (χ0v) is 11.4. The smallest absolute Gasteiger partial charge is 0.270 e. The Hall–Kier alpha value is -2.42. The van der Waals surface area contributed by atoms with Crippen molar-refractivity contribution in [1.82, 2.24) is 15.6 Å². The maximum Gasteiger partial charge on any atom is 0.270 e. The van der Waals surface area contributed by atoms with Crippen molar-refractivity contribution in [2.75, 3.05) is 0 Å². The number of nitriles is 1. The van der Waals surface area contributed by atoms with Crippen LogP contribution >= 0.6 is 0 Å². The van der Waals surface area contributed by atoms with Gasteiger partial charge in [0.25, 0.3) is 5.91 Å². The van der Waals surface area contributed by atoms with Gasteiger partial charge in [-0.15, -0.1) is 0 Å². The summed E-state index contributed by atoms with van der Waals surface area (Å²) in [5, 5.41) is 14.6. The van der Waals surface area contributed by atoms with Crippen LogP contribution in [0.1, 0.15) is 42.7 Å². The first-order valence-corrected chi connectivity index (χ1v) is 6.40. The van der Waals surface area contributed by atoms with E-state index in [1.807, 2.05) is 19.9 Å². The molecular weight excluding hydrogens is 256 g/mol. The van der Waals surface area contributed by atoms with Gasteiger partial charge >= 0.3 is 0 Å². The molecule has 2 heterocycles. The van der Waals surface area contributed by atoms with Crippen LogP contribution in [0.5, 0.6) is 0 Å². The van der Waals surface area contributed by atoms with Crippen LogP contribution in [0.3, 0.4) is 0 Å². The molecule has 1 aromatic heterocycles. The van der Waals surface area contributed by atoms with Crippen LogP contribution in [-0.2, 0) is 4.79 Å². The number of nitrogens with one attached hydrogen (secondary N) is 2. The minimum Gasteiger partial charge on any atom is -0.349 e. The largest absolute Gasteiger partial charge is 0.349 e. The zero-order valence-electron chi connectivity index (χ0n) is 11.4. The SMILES string of the molecule is CC1(C)NC(=O)CCC1NC(=O)c1cc(C#N)ccn1. The highest BCUT2D eigenvalue weighted by molar-refractivity contribution is 5.93. The van der Waals surface area contributed by atoms with Crippen LogP contribution in [0, 0.1) is 11.3 Å². The molecule has 0 aliphatic carbocycles. The number of carbonyl (C=O) groups is 2. The number of piperidine rings is 1. The summed E-state index contributed by atoms with van der Waals surface area (Å²) in [6.07, 6.45) is 2.41. The van der Waals surface area contributed by atoms with Crippen molar-refractivity contribution in [1.29, 1.82) is 5.26 Å². The Morgan fingerprint density at radius 2 is 2.35 bits per heavy atom. The number of pyridine rings is 1. The van der Waals surface area contributed by atoms with Gasteiger partial charge < -0.3 is 10.6 Å². The molecule has 1 fully saturated rings. The molecule has 2 rings (SSSR count). The monoisotopic (exact) mass is 272 g/mol. The molecule has 0 saturated carbocycles. The third-order valence-corrected chi connectivity index (χ3v) is 3.42. The van der Waals surface area contributed by atoms with Gasteiger partial charge in [0.05, 0.1) is 23.2 Å². The maximum absolute atomic E-state index is 12.2. The third kappa shape index (κ3) is 2.94. The van der Waals surface area contributed by atoms with Crippen LogP contribution in [-0.4, -0.2) is 28.4 Å². The molecule has 2 amide bonds. The van der Waals surface area contributed by atoms with Crippen LogP contribution in [0.2, 0.25) is 0 Å². The van der Waals surface area contributed by atoms with Gasteiger partial charge in [-0.2, -0.15) is 5.26 Å².